The average Bonchev–Trinajstić information content (AvgIpc) is 2.66. The number of hydrogen-bond donors (Lipinski definition) is 3. The Bertz CT molecular complexity index is 823. The molecule has 0 heterocycles. The van der Waals surface area contributed by atoms with Crippen LogP contribution in [0.5, 0.6) is 0 Å². The topological polar surface area (TPSA) is 65.5 Å². The van der Waals surface area contributed by atoms with E-state index in [-0.39, 0.29) is 17.4 Å². The Kier molecular flexibility index (Phi) is 7.28. The lowest BCUT2D eigenvalue weighted by atomic mass is 10.1. The smallest absolute Gasteiger partial charge is 0.254 e. The summed E-state index contributed by atoms with van der Waals surface area (Å²) in [6.45, 7) is 4.31. The van der Waals surface area contributed by atoms with Crippen LogP contribution in [0, 0.1) is 18.6 Å². The lowest BCUT2D eigenvalue weighted by Gasteiger charge is -2.19. The summed E-state index contributed by atoms with van der Waals surface area (Å²) in [5.74, 6) is -0.760. The van der Waals surface area contributed by atoms with E-state index < -0.39 is 11.7 Å². The van der Waals surface area contributed by atoms with E-state index >= 15 is 0 Å². The van der Waals surface area contributed by atoms with Crippen LogP contribution in [-0.4, -0.2) is 32.0 Å². The van der Waals surface area contributed by atoms with Gasteiger partial charge in [0, 0.05) is 20.1 Å². The third-order valence-corrected chi connectivity index (χ3v) is 4.09. The zero-order chi connectivity index (χ0) is 19.8. The Morgan fingerprint density at radius 3 is 2.44 bits per heavy atom. The highest BCUT2D eigenvalue weighted by Gasteiger charge is 2.11. The molecule has 0 radical (unpaired) electrons. The van der Waals surface area contributed by atoms with E-state index in [0.29, 0.717) is 24.6 Å². The van der Waals surface area contributed by atoms with Crippen molar-refractivity contribution in [3.05, 3.63) is 70.8 Å². The van der Waals surface area contributed by atoms with Crippen molar-refractivity contribution < 1.29 is 13.6 Å². The second-order valence-electron chi connectivity index (χ2n) is 6.11. The van der Waals surface area contributed by atoms with E-state index in [1.807, 2.05) is 13.0 Å². The summed E-state index contributed by atoms with van der Waals surface area (Å²) in [5.41, 5.74) is 1.41. The first-order valence-corrected chi connectivity index (χ1v) is 8.68. The maximum atomic E-state index is 13.7. The number of nitrogens with one attached hydrogen (secondary N) is 3. The quantitative estimate of drug-likeness (QED) is 0.414. The lowest BCUT2D eigenvalue weighted by Crippen LogP contribution is -2.42. The first kappa shape index (κ1) is 20.4. The number of halogens is 2. The van der Waals surface area contributed by atoms with E-state index in [1.165, 1.54) is 24.3 Å². The van der Waals surface area contributed by atoms with Crippen molar-refractivity contribution in [2.45, 2.75) is 19.9 Å². The fourth-order valence-corrected chi connectivity index (χ4v) is 2.46. The van der Waals surface area contributed by atoms with E-state index in [2.05, 4.69) is 20.9 Å². The van der Waals surface area contributed by atoms with Crippen LogP contribution in [0.2, 0.25) is 0 Å². The van der Waals surface area contributed by atoms with E-state index in [4.69, 9.17) is 0 Å². The van der Waals surface area contributed by atoms with Gasteiger partial charge in [-0.25, -0.2) is 8.78 Å². The summed E-state index contributed by atoms with van der Waals surface area (Å²) in [7, 11) is 1.62. The fraction of sp³-hybridized carbons (Fsp3) is 0.300. The summed E-state index contributed by atoms with van der Waals surface area (Å²) in [5, 5.41) is 8.86. The van der Waals surface area contributed by atoms with Gasteiger partial charge in [-0.2, -0.15) is 0 Å². The molecule has 27 heavy (non-hydrogen) atoms. The number of amides is 1. The predicted octanol–water partition coefficient (Wildman–Crippen LogP) is 2.93. The number of carbonyl (C=O) groups excluding carboxylic acids is 1. The van der Waals surface area contributed by atoms with Gasteiger partial charge in [-0.15, -0.1) is 0 Å². The molecule has 2 aromatic carbocycles. The van der Waals surface area contributed by atoms with E-state index in [0.717, 1.165) is 5.56 Å². The molecule has 5 nitrogen and oxygen atoms in total. The molecule has 2 aromatic rings. The summed E-state index contributed by atoms with van der Waals surface area (Å²) < 4.78 is 27.3. The Balaban J connectivity index is 1.81. The Labute approximate surface area is 157 Å². The predicted molar refractivity (Wildman–Crippen MR) is 103 cm³/mol. The molecule has 144 valence electrons. The minimum absolute atomic E-state index is 0.00928. The summed E-state index contributed by atoms with van der Waals surface area (Å²) in [6, 6.07) is 10.8. The molecule has 7 heteroatoms. The minimum Gasteiger partial charge on any atom is -0.355 e. The highest BCUT2D eigenvalue weighted by atomic mass is 19.1. The number of carbonyl (C=O) groups is 1. The zero-order valence-electron chi connectivity index (χ0n) is 15.6. The van der Waals surface area contributed by atoms with Gasteiger partial charge in [0.25, 0.3) is 5.91 Å². The van der Waals surface area contributed by atoms with Gasteiger partial charge in [0.15, 0.2) is 5.96 Å². The zero-order valence-corrected chi connectivity index (χ0v) is 15.6. The van der Waals surface area contributed by atoms with Gasteiger partial charge in [-0.1, -0.05) is 24.3 Å². The fourth-order valence-electron chi connectivity index (χ4n) is 2.46. The van der Waals surface area contributed by atoms with Crippen LogP contribution in [0.15, 0.2) is 47.5 Å². The van der Waals surface area contributed by atoms with Gasteiger partial charge in [0.2, 0.25) is 0 Å². The molecule has 1 unspecified atom stereocenters. The van der Waals surface area contributed by atoms with Gasteiger partial charge in [0.05, 0.1) is 11.6 Å². The summed E-state index contributed by atoms with van der Waals surface area (Å²) in [6.07, 6.45) is 0. The van der Waals surface area contributed by atoms with Crippen LogP contribution >= 0.6 is 0 Å². The number of benzene rings is 2. The van der Waals surface area contributed by atoms with Gasteiger partial charge >= 0.3 is 0 Å². The first-order chi connectivity index (χ1) is 12.9. The van der Waals surface area contributed by atoms with Crippen molar-refractivity contribution in [3.8, 4) is 0 Å². The second-order valence-corrected chi connectivity index (χ2v) is 6.11. The van der Waals surface area contributed by atoms with Crippen LogP contribution < -0.4 is 16.0 Å². The van der Waals surface area contributed by atoms with Crippen LogP contribution in [0.4, 0.5) is 8.78 Å². The largest absolute Gasteiger partial charge is 0.355 e. The second kappa shape index (κ2) is 9.66. The first-order valence-electron chi connectivity index (χ1n) is 8.68. The third kappa shape index (κ3) is 5.77. The average molecular weight is 374 g/mol. The van der Waals surface area contributed by atoms with Gasteiger partial charge in [-0.05, 0) is 43.2 Å². The number of guanidine groups is 1. The number of rotatable bonds is 6. The number of aryl methyl sites for hydroxylation is 1. The molecule has 0 aliphatic heterocycles. The lowest BCUT2D eigenvalue weighted by molar-refractivity contribution is 0.0950. The van der Waals surface area contributed by atoms with Crippen LogP contribution in [0.1, 0.15) is 34.5 Å². The highest BCUT2D eigenvalue weighted by Crippen LogP contribution is 2.16. The molecule has 0 aromatic heterocycles. The van der Waals surface area contributed by atoms with Crippen LogP contribution in [-0.2, 0) is 0 Å². The van der Waals surface area contributed by atoms with Gasteiger partial charge < -0.3 is 16.0 Å². The molecule has 0 saturated heterocycles. The van der Waals surface area contributed by atoms with Crippen molar-refractivity contribution >= 4 is 11.9 Å². The Morgan fingerprint density at radius 1 is 1.07 bits per heavy atom. The molecule has 0 bridgehead atoms. The molecule has 1 atom stereocenters. The Morgan fingerprint density at radius 2 is 1.78 bits per heavy atom. The van der Waals surface area contributed by atoms with Gasteiger partial charge in [0.1, 0.15) is 11.6 Å². The standard InChI is InChI=1S/C20H24F2N4O/c1-13-8-9-15(12-18(13)22)14(2)26-20(23-3)25-11-10-24-19(27)16-6-4-5-7-17(16)21/h4-9,12,14H,10-11H2,1-3H3,(H,24,27)(H2,23,25,26). The molecule has 0 fully saturated rings. The highest BCUT2D eigenvalue weighted by molar-refractivity contribution is 5.94. The van der Waals surface area contributed by atoms with Crippen molar-refractivity contribution in [1.82, 2.24) is 16.0 Å². The monoisotopic (exact) mass is 374 g/mol. The minimum atomic E-state index is -0.556. The number of nitrogens with zero attached hydrogens (tertiary/aromatic N) is 1. The molecular weight excluding hydrogens is 350 g/mol. The van der Waals surface area contributed by atoms with Crippen molar-refractivity contribution in [1.29, 1.82) is 0 Å². The number of aliphatic imine (C=N–C) groups is 1. The maximum Gasteiger partial charge on any atom is 0.254 e. The van der Waals surface area contributed by atoms with Crippen LogP contribution in [0.3, 0.4) is 0 Å². The summed E-state index contributed by atoms with van der Waals surface area (Å²) >= 11 is 0. The molecule has 1 amide bonds. The van der Waals surface area contributed by atoms with Gasteiger partial charge in [-0.3, -0.25) is 9.79 Å². The van der Waals surface area contributed by atoms with Crippen LogP contribution in [0.25, 0.3) is 0 Å². The van der Waals surface area contributed by atoms with Crippen molar-refractivity contribution in [2.75, 3.05) is 20.1 Å². The normalized spacial score (nSPS) is 12.4. The molecule has 0 saturated carbocycles. The molecule has 0 aliphatic carbocycles. The maximum absolute atomic E-state index is 13.7. The molecule has 2 rings (SSSR count). The third-order valence-electron chi connectivity index (χ3n) is 4.09. The SMILES string of the molecule is CN=C(NCCNC(=O)c1ccccc1F)NC(C)c1ccc(C)c(F)c1. The molecule has 3 N–H and O–H groups in total. The van der Waals surface area contributed by atoms with Crippen molar-refractivity contribution in [2.24, 2.45) is 4.99 Å². The van der Waals surface area contributed by atoms with E-state index in [9.17, 15) is 13.6 Å². The molecule has 0 aliphatic rings. The van der Waals surface area contributed by atoms with E-state index in [1.54, 1.807) is 26.1 Å². The molecule has 0 spiro atoms. The number of hydrogen-bond acceptors (Lipinski definition) is 2. The van der Waals surface area contributed by atoms with Crippen molar-refractivity contribution in [3.63, 3.8) is 0 Å². The molecular formula is C20H24F2N4O. The summed E-state index contributed by atoms with van der Waals surface area (Å²) in [4.78, 5) is 16.1. The Hall–Kier alpha value is -2.96.